The molecular weight excluding hydrogens is 344 g/mol. The Morgan fingerprint density at radius 2 is 1.88 bits per heavy atom. The van der Waals surface area contributed by atoms with E-state index in [1.165, 1.54) is 18.2 Å². The zero-order valence-electron chi connectivity index (χ0n) is 13.0. The van der Waals surface area contributed by atoms with Gasteiger partial charge in [0.05, 0.1) is 10.6 Å². The topological polar surface area (TPSA) is 106 Å². The Balaban J connectivity index is 2.08. The Kier molecular flexibility index (Phi) is 4.15. The molecule has 1 aliphatic heterocycles. The van der Waals surface area contributed by atoms with Crippen molar-refractivity contribution in [1.29, 1.82) is 0 Å². The number of carbonyl (C=O) groups is 2. The number of non-ortho nitro benzene ring substituents is 1. The highest BCUT2D eigenvalue weighted by Gasteiger charge is 2.26. The molecule has 0 spiro atoms. The van der Waals surface area contributed by atoms with Crippen LogP contribution >= 0.6 is 12.2 Å². The molecule has 0 unspecified atom stereocenters. The molecule has 2 heterocycles. The van der Waals surface area contributed by atoms with Crippen LogP contribution in [0.2, 0.25) is 0 Å². The first-order valence-electron chi connectivity index (χ1n) is 7.18. The van der Waals surface area contributed by atoms with Crippen molar-refractivity contribution in [2.45, 2.75) is 6.92 Å². The van der Waals surface area contributed by atoms with Gasteiger partial charge < -0.3 is 4.57 Å². The van der Waals surface area contributed by atoms with Crippen molar-refractivity contribution in [2.75, 3.05) is 0 Å². The van der Waals surface area contributed by atoms with Gasteiger partial charge in [0.2, 0.25) is 0 Å². The Morgan fingerprint density at radius 3 is 2.52 bits per heavy atom. The molecular formula is C16H12N4O4S. The van der Waals surface area contributed by atoms with E-state index in [1.54, 1.807) is 29.0 Å². The highest BCUT2D eigenvalue weighted by Crippen LogP contribution is 2.24. The van der Waals surface area contributed by atoms with Gasteiger partial charge in [-0.1, -0.05) is 6.07 Å². The van der Waals surface area contributed by atoms with E-state index >= 15 is 0 Å². The maximum atomic E-state index is 12.0. The van der Waals surface area contributed by atoms with Crippen molar-refractivity contribution in [3.05, 3.63) is 63.5 Å². The summed E-state index contributed by atoms with van der Waals surface area (Å²) in [6.45, 7) is 1.81. The number of carbonyl (C=O) groups excluding carboxylic acids is 2. The third-order valence-electron chi connectivity index (χ3n) is 3.68. The average molecular weight is 356 g/mol. The third-order valence-corrected chi connectivity index (χ3v) is 3.88. The molecule has 9 heteroatoms. The zero-order valence-corrected chi connectivity index (χ0v) is 13.8. The predicted octanol–water partition coefficient (Wildman–Crippen LogP) is 1.61. The fraction of sp³-hybridized carbons (Fsp3) is 0.0625. The van der Waals surface area contributed by atoms with Gasteiger partial charge in [-0.05, 0) is 42.9 Å². The second kappa shape index (κ2) is 6.29. The minimum absolute atomic E-state index is 0.0444. The molecule has 0 atom stereocenters. The number of nitrogens with one attached hydrogen (secondary N) is 2. The molecule has 2 N–H and O–H groups in total. The van der Waals surface area contributed by atoms with Crippen LogP contribution in [0.25, 0.3) is 11.8 Å². The number of hydrogen-bond acceptors (Lipinski definition) is 5. The molecule has 25 heavy (non-hydrogen) atoms. The maximum Gasteiger partial charge on any atom is 0.271 e. The first kappa shape index (κ1) is 16.5. The van der Waals surface area contributed by atoms with Crippen LogP contribution in [-0.2, 0) is 9.59 Å². The summed E-state index contributed by atoms with van der Waals surface area (Å²) in [6, 6.07) is 7.91. The third kappa shape index (κ3) is 3.17. The van der Waals surface area contributed by atoms with Crippen LogP contribution in [0.5, 0.6) is 0 Å². The highest BCUT2D eigenvalue weighted by molar-refractivity contribution is 7.80. The lowest BCUT2D eigenvalue weighted by molar-refractivity contribution is -0.384. The standard InChI is InChI=1S/C16H12N4O4S/c1-9-4-5-11(20(23)24)8-13(9)19-6-2-3-10(19)7-12-14(21)17-16(25)18-15(12)22/h2-8H,1H3,(H2,17,18,21,22,25). The number of hydrogen-bond donors (Lipinski definition) is 2. The largest absolute Gasteiger partial charge is 0.317 e. The Hall–Kier alpha value is -3.33. The number of nitrogens with zero attached hydrogens (tertiary/aromatic N) is 2. The smallest absolute Gasteiger partial charge is 0.271 e. The SMILES string of the molecule is Cc1ccc([N+](=O)[O-])cc1-n1cccc1C=C1C(=O)NC(=S)NC1=O. The van der Waals surface area contributed by atoms with Crippen LogP contribution in [0.4, 0.5) is 5.69 Å². The van der Waals surface area contributed by atoms with Gasteiger partial charge in [0.15, 0.2) is 5.11 Å². The molecule has 2 aromatic rings. The first-order valence-corrected chi connectivity index (χ1v) is 7.59. The number of rotatable bonds is 3. The van der Waals surface area contributed by atoms with E-state index in [1.807, 2.05) is 6.92 Å². The molecule has 3 rings (SSSR count). The lowest BCUT2D eigenvalue weighted by atomic mass is 10.1. The van der Waals surface area contributed by atoms with Crippen molar-refractivity contribution in [3.63, 3.8) is 0 Å². The number of aromatic nitrogens is 1. The quantitative estimate of drug-likeness (QED) is 0.286. The fourth-order valence-electron chi connectivity index (χ4n) is 2.46. The van der Waals surface area contributed by atoms with Crippen molar-refractivity contribution in [1.82, 2.24) is 15.2 Å². The van der Waals surface area contributed by atoms with Gasteiger partial charge in [0.1, 0.15) is 5.57 Å². The van der Waals surface area contributed by atoms with Gasteiger partial charge in [-0.3, -0.25) is 30.3 Å². The van der Waals surface area contributed by atoms with Crippen LogP contribution in [-0.4, -0.2) is 26.4 Å². The summed E-state index contributed by atoms with van der Waals surface area (Å²) in [6.07, 6.45) is 3.10. The number of thiocarbonyl (C=S) groups is 1. The van der Waals surface area contributed by atoms with E-state index in [0.29, 0.717) is 11.4 Å². The summed E-state index contributed by atoms with van der Waals surface area (Å²) >= 11 is 4.76. The molecule has 0 saturated carbocycles. The van der Waals surface area contributed by atoms with E-state index in [0.717, 1.165) is 5.56 Å². The summed E-state index contributed by atoms with van der Waals surface area (Å²) < 4.78 is 1.67. The molecule has 1 saturated heterocycles. The number of aryl methyl sites for hydroxylation is 1. The minimum atomic E-state index is -0.600. The summed E-state index contributed by atoms with van der Waals surface area (Å²) in [5.41, 5.74) is 1.76. The van der Waals surface area contributed by atoms with Crippen LogP contribution in [0.15, 0.2) is 42.1 Å². The van der Waals surface area contributed by atoms with E-state index < -0.39 is 16.7 Å². The van der Waals surface area contributed by atoms with Gasteiger partial charge in [-0.2, -0.15) is 0 Å². The van der Waals surface area contributed by atoms with Crippen LogP contribution in [0.1, 0.15) is 11.3 Å². The van der Waals surface area contributed by atoms with Gasteiger partial charge >= 0.3 is 0 Å². The number of amides is 2. The van der Waals surface area contributed by atoms with Crippen molar-refractivity contribution < 1.29 is 14.5 Å². The van der Waals surface area contributed by atoms with Crippen LogP contribution in [0.3, 0.4) is 0 Å². The number of nitro groups is 1. The van der Waals surface area contributed by atoms with Crippen molar-refractivity contribution in [3.8, 4) is 5.69 Å². The lowest BCUT2D eigenvalue weighted by Gasteiger charge is -2.17. The molecule has 0 aliphatic carbocycles. The molecule has 0 bridgehead atoms. The summed E-state index contributed by atoms with van der Waals surface area (Å²) in [4.78, 5) is 34.5. The van der Waals surface area contributed by atoms with Gasteiger partial charge in [-0.15, -0.1) is 0 Å². The summed E-state index contributed by atoms with van der Waals surface area (Å²) in [5, 5.41) is 15.7. The molecule has 1 aromatic heterocycles. The molecule has 126 valence electrons. The van der Waals surface area contributed by atoms with Gasteiger partial charge in [-0.25, -0.2) is 0 Å². The highest BCUT2D eigenvalue weighted by atomic mass is 32.1. The molecule has 8 nitrogen and oxygen atoms in total. The van der Waals surface area contributed by atoms with Gasteiger partial charge in [0, 0.05) is 24.0 Å². The molecule has 0 radical (unpaired) electrons. The van der Waals surface area contributed by atoms with E-state index in [-0.39, 0.29) is 16.4 Å². The van der Waals surface area contributed by atoms with Crippen molar-refractivity contribution >= 4 is 40.9 Å². The van der Waals surface area contributed by atoms with Gasteiger partial charge in [0.25, 0.3) is 17.5 Å². The fourth-order valence-corrected chi connectivity index (χ4v) is 2.64. The molecule has 1 aliphatic rings. The summed E-state index contributed by atoms with van der Waals surface area (Å²) in [5.74, 6) is -1.20. The Bertz CT molecular complexity index is 939. The predicted molar refractivity (Wildman–Crippen MR) is 94.0 cm³/mol. The second-order valence-corrected chi connectivity index (χ2v) is 5.73. The summed E-state index contributed by atoms with van der Waals surface area (Å²) in [7, 11) is 0. The second-order valence-electron chi connectivity index (χ2n) is 5.33. The van der Waals surface area contributed by atoms with E-state index in [4.69, 9.17) is 12.2 Å². The minimum Gasteiger partial charge on any atom is -0.317 e. The van der Waals surface area contributed by atoms with E-state index in [9.17, 15) is 19.7 Å². The maximum absolute atomic E-state index is 12.0. The number of nitro benzene ring substituents is 1. The Morgan fingerprint density at radius 1 is 1.20 bits per heavy atom. The molecule has 1 aromatic carbocycles. The van der Waals surface area contributed by atoms with Crippen LogP contribution in [0, 0.1) is 17.0 Å². The average Bonchev–Trinajstić information content (AvgIpc) is 2.99. The zero-order chi connectivity index (χ0) is 18.1. The molecule has 2 amide bonds. The monoisotopic (exact) mass is 356 g/mol. The normalized spacial score (nSPS) is 14.1. The molecule has 1 fully saturated rings. The Labute approximate surface area is 147 Å². The van der Waals surface area contributed by atoms with Crippen LogP contribution < -0.4 is 10.6 Å². The lowest BCUT2D eigenvalue weighted by Crippen LogP contribution is -2.51. The van der Waals surface area contributed by atoms with E-state index in [2.05, 4.69) is 10.6 Å². The number of benzene rings is 1. The van der Waals surface area contributed by atoms with Crippen molar-refractivity contribution in [2.24, 2.45) is 0 Å². The first-order chi connectivity index (χ1) is 11.9.